The predicted octanol–water partition coefficient (Wildman–Crippen LogP) is 5.81. The van der Waals surface area contributed by atoms with Crippen molar-refractivity contribution < 1.29 is 9.59 Å². The van der Waals surface area contributed by atoms with Crippen LogP contribution in [0.25, 0.3) is 11.0 Å². The van der Waals surface area contributed by atoms with Crippen LogP contribution in [0, 0.1) is 6.92 Å². The molecule has 0 atom stereocenters. The fourth-order valence-corrected chi connectivity index (χ4v) is 6.31. The highest BCUT2D eigenvalue weighted by Gasteiger charge is 2.33. The van der Waals surface area contributed by atoms with Crippen LogP contribution in [0.15, 0.2) is 48.5 Å². The lowest BCUT2D eigenvalue weighted by atomic mass is 9.88. The zero-order chi connectivity index (χ0) is 25.6. The molecule has 1 N–H and O–H groups in total. The van der Waals surface area contributed by atoms with E-state index in [1.807, 2.05) is 49.4 Å². The Morgan fingerprint density at radius 2 is 1.59 bits per heavy atom. The van der Waals surface area contributed by atoms with Crippen molar-refractivity contribution in [1.29, 1.82) is 0 Å². The molecule has 2 aromatic carbocycles. The molecule has 2 amide bonds. The van der Waals surface area contributed by atoms with Crippen molar-refractivity contribution >= 4 is 22.8 Å². The lowest BCUT2D eigenvalue weighted by molar-refractivity contribution is -0.138. The average molecular weight is 501 g/mol. The Morgan fingerprint density at radius 1 is 0.919 bits per heavy atom. The molecular formula is C31H40N4O2. The second-order valence-corrected chi connectivity index (χ2v) is 10.9. The van der Waals surface area contributed by atoms with E-state index in [0.29, 0.717) is 37.2 Å². The van der Waals surface area contributed by atoms with Gasteiger partial charge < -0.3 is 14.8 Å². The molecule has 1 aromatic heterocycles. The van der Waals surface area contributed by atoms with Crippen LogP contribution in [0.3, 0.4) is 0 Å². The van der Waals surface area contributed by atoms with Crippen molar-refractivity contribution in [2.75, 3.05) is 6.54 Å². The number of aryl methyl sites for hydroxylation is 1. The Morgan fingerprint density at radius 3 is 2.27 bits per heavy atom. The molecule has 3 aromatic rings. The summed E-state index contributed by atoms with van der Waals surface area (Å²) in [6, 6.07) is 16.4. The van der Waals surface area contributed by atoms with Crippen molar-refractivity contribution in [2.24, 2.45) is 0 Å². The lowest BCUT2D eigenvalue weighted by Gasteiger charge is -2.42. The Labute approximate surface area is 220 Å². The Balaban J connectivity index is 1.34. The van der Waals surface area contributed by atoms with Gasteiger partial charge in [0.05, 0.1) is 11.0 Å². The number of fused-ring (bicyclic) bond motifs is 1. The number of rotatable bonds is 8. The molecule has 2 aliphatic carbocycles. The van der Waals surface area contributed by atoms with Crippen LogP contribution in [-0.2, 0) is 17.8 Å². The first-order valence-corrected chi connectivity index (χ1v) is 14.2. The number of amides is 2. The minimum atomic E-state index is -0.0804. The number of hydrogen-bond acceptors (Lipinski definition) is 3. The summed E-state index contributed by atoms with van der Waals surface area (Å²) >= 11 is 0. The molecule has 0 aliphatic heterocycles. The highest BCUT2D eigenvalue weighted by molar-refractivity contribution is 5.94. The van der Waals surface area contributed by atoms with E-state index < -0.39 is 0 Å². The number of carbonyl (C=O) groups excluding carboxylic acids is 2. The standard InChI is InChI=1S/C31H40N4O2/c1-23-11-10-12-24(21-23)31(37)32-20-19-29-33-27-17-8-9-18-28(27)34(29)22-30(36)35(25-13-4-2-5-14-25)26-15-6-3-7-16-26/h8-12,17-18,21,25-26H,2-7,13-16,19-20,22H2,1H3,(H,32,37). The maximum atomic E-state index is 14.0. The number of benzene rings is 2. The third kappa shape index (κ3) is 6.06. The van der Waals surface area contributed by atoms with Gasteiger partial charge in [-0.15, -0.1) is 0 Å². The van der Waals surface area contributed by atoms with Crippen LogP contribution < -0.4 is 5.32 Å². The monoisotopic (exact) mass is 500 g/mol. The van der Waals surface area contributed by atoms with Gasteiger partial charge in [-0.2, -0.15) is 0 Å². The fraction of sp³-hybridized carbons (Fsp3) is 0.516. The molecule has 6 heteroatoms. The van der Waals surface area contributed by atoms with Gasteiger partial charge >= 0.3 is 0 Å². The Kier molecular flexibility index (Phi) is 8.22. The molecule has 196 valence electrons. The van der Waals surface area contributed by atoms with Crippen molar-refractivity contribution in [1.82, 2.24) is 19.8 Å². The smallest absolute Gasteiger partial charge is 0.251 e. The summed E-state index contributed by atoms with van der Waals surface area (Å²) in [6.07, 6.45) is 12.6. The zero-order valence-corrected chi connectivity index (χ0v) is 22.1. The highest BCUT2D eigenvalue weighted by atomic mass is 16.2. The van der Waals surface area contributed by atoms with E-state index in [0.717, 1.165) is 48.1 Å². The summed E-state index contributed by atoms with van der Waals surface area (Å²) in [5, 5.41) is 3.04. The van der Waals surface area contributed by atoms with Gasteiger partial charge in [-0.1, -0.05) is 68.4 Å². The van der Waals surface area contributed by atoms with E-state index >= 15 is 0 Å². The van der Waals surface area contributed by atoms with Crippen molar-refractivity contribution in [3.63, 3.8) is 0 Å². The number of para-hydroxylation sites is 2. The number of hydrogen-bond donors (Lipinski definition) is 1. The Hall–Kier alpha value is -3.15. The summed E-state index contributed by atoms with van der Waals surface area (Å²) in [5.41, 5.74) is 3.62. The third-order valence-corrected chi connectivity index (χ3v) is 8.17. The largest absolute Gasteiger partial charge is 0.352 e. The molecular weight excluding hydrogens is 460 g/mol. The third-order valence-electron chi connectivity index (χ3n) is 8.17. The lowest BCUT2D eigenvalue weighted by Crippen LogP contribution is -2.50. The maximum Gasteiger partial charge on any atom is 0.251 e. The highest BCUT2D eigenvalue weighted by Crippen LogP contribution is 2.31. The van der Waals surface area contributed by atoms with Crippen molar-refractivity contribution in [3.05, 3.63) is 65.5 Å². The van der Waals surface area contributed by atoms with E-state index in [1.165, 1.54) is 38.5 Å². The maximum absolute atomic E-state index is 14.0. The molecule has 37 heavy (non-hydrogen) atoms. The molecule has 0 saturated heterocycles. The summed E-state index contributed by atoms with van der Waals surface area (Å²) in [5.74, 6) is 1.00. The summed E-state index contributed by atoms with van der Waals surface area (Å²) in [4.78, 5) is 33.8. The topological polar surface area (TPSA) is 67.2 Å². The normalized spacial score (nSPS) is 17.1. The zero-order valence-electron chi connectivity index (χ0n) is 22.1. The number of carbonyl (C=O) groups is 2. The van der Waals surface area contributed by atoms with Gasteiger partial charge in [-0.05, 0) is 56.9 Å². The summed E-state index contributed by atoms with van der Waals surface area (Å²) < 4.78 is 2.09. The van der Waals surface area contributed by atoms with Gasteiger partial charge in [0, 0.05) is 30.6 Å². The quantitative estimate of drug-likeness (QED) is 0.424. The van der Waals surface area contributed by atoms with Gasteiger partial charge in [-0.3, -0.25) is 9.59 Å². The van der Waals surface area contributed by atoms with Crippen LogP contribution >= 0.6 is 0 Å². The van der Waals surface area contributed by atoms with E-state index in [2.05, 4.69) is 20.9 Å². The molecule has 0 unspecified atom stereocenters. The van der Waals surface area contributed by atoms with E-state index in [-0.39, 0.29) is 11.8 Å². The predicted molar refractivity (Wildman–Crippen MR) is 148 cm³/mol. The van der Waals surface area contributed by atoms with Crippen LogP contribution in [0.2, 0.25) is 0 Å². The van der Waals surface area contributed by atoms with Crippen LogP contribution in [-0.4, -0.2) is 44.9 Å². The van der Waals surface area contributed by atoms with Gasteiger partial charge in [0.2, 0.25) is 5.91 Å². The molecule has 2 fully saturated rings. The van der Waals surface area contributed by atoms with Gasteiger partial charge in [-0.25, -0.2) is 4.98 Å². The number of nitrogens with zero attached hydrogens (tertiary/aromatic N) is 3. The minimum absolute atomic E-state index is 0.0804. The first kappa shape index (κ1) is 25.5. The van der Waals surface area contributed by atoms with E-state index in [1.54, 1.807) is 0 Å². The molecule has 0 spiro atoms. The van der Waals surface area contributed by atoms with Crippen LogP contribution in [0.5, 0.6) is 0 Å². The van der Waals surface area contributed by atoms with Gasteiger partial charge in [0.25, 0.3) is 5.91 Å². The molecule has 6 nitrogen and oxygen atoms in total. The molecule has 2 saturated carbocycles. The molecule has 5 rings (SSSR count). The van der Waals surface area contributed by atoms with Gasteiger partial charge in [0.1, 0.15) is 12.4 Å². The second kappa shape index (κ2) is 11.9. The number of aromatic nitrogens is 2. The number of imidazole rings is 1. The second-order valence-electron chi connectivity index (χ2n) is 10.9. The average Bonchev–Trinajstić information content (AvgIpc) is 3.27. The first-order valence-electron chi connectivity index (χ1n) is 14.2. The summed E-state index contributed by atoms with van der Waals surface area (Å²) in [6.45, 7) is 2.77. The van der Waals surface area contributed by atoms with Gasteiger partial charge in [0.15, 0.2) is 0 Å². The fourth-order valence-electron chi connectivity index (χ4n) is 6.31. The van der Waals surface area contributed by atoms with Crippen LogP contribution in [0.1, 0.15) is 86.0 Å². The van der Waals surface area contributed by atoms with Crippen LogP contribution in [0.4, 0.5) is 0 Å². The first-order chi connectivity index (χ1) is 18.1. The molecule has 0 radical (unpaired) electrons. The SMILES string of the molecule is Cc1cccc(C(=O)NCCc2nc3ccccc3n2CC(=O)N(C2CCCCC2)C2CCCCC2)c1. The number of nitrogens with one attached hydrogen (secondary N) is 1. The van der Waals surface area contributed by atoms with Crippen molar-refractivity contribution in [3.8, 4) is 0 Å². The molecule has 1 heterocycles. The van der Waals surface area contributed by atoms with Crippen molar-refractivity contribution in [2.45, 2.75) is 96.2 Å². The minimum Gasteiger partial charge on any atom is -0.352 e. The van der Waals surface area contributed by atoms with E-state index in [9.17, 15) is 9.59 Å². The molecule has 2 aliphatic rings. The van der Waals surface area contributed by atoms with E-state index in [4.69, 9.17) is 4.98 Å². The molecule has 0 bridgehead atoms. The summed E-state index contributed by atoms with van der Waals surface area (Å²) in [7, 11) is 0. The Bertz CT molecular complexity index is 1200.